The summed E-state index contributed by atoms with van der Waals surface area (Å²) in [6.07, 6.45) is 3.76. The van der Waals surface area contributed by atoms with Crippen molar-refractivity contribution in [2.24, 2.45) is 11.7 Å². The first-order valence-corrected chi connectivity index (χ1v) is 9.64. The number of nitrogens with one attached hydrogen (secondary N) is 1. The van der Waals surface area contributed by atoms with Crippen LogP contribution in [0, 0.1) is 23.0 Å². The van der Waals surface area contributed by atoms with E-state index in [0.29, 0.717) is 27.6 Å². The third-order valence-corrected chi connectivity index (χ3v) is 6.24. The Morgan fingerprint density at radius 1 is 1.41 bits per heavy atom. The lowest BCUT2D eigenvalue weighted by molar-refractivity contribution is -0.385. The zero-order chi connectivity index (χ0) is 19.7. The number of fused-ring (bicyclic) bond motifs is 1. The van der Waals surface area contributed by atoms with Gasteiger partial charge in [0.25, 0.3) is 17.5 Å². The summed E-state index contributed by atoms with van der Waals surface area (Å²) in [5, 5.41) is 14.2. The van der Waals surface area contributed by atoms with Gasteiger partial charge >= 0.3 is 0 Å². The number of carbonyl (C=O) groups excluding carboxylic acids is 2. The molecule has 1 aromatic heterocycles. The zero-order valence-electron chi connectivity index (χ0n) is 15.2. The summed E-state index contributed by atoms with van der Waals surface area (Å²) in [5.41, 5.74) is 7.59. The number of nitro benzene ring substituents is 1. The van der Waals surface area contributed by atoms with E-state index in [0.717, 1.165) is 36.1 Å². The molecule has 1 atom stereocenters. The number of thiophene rings is 1. The molecule has 1 unspecified atom stereocenters. The lowest BCUT2D eigenvalue weighted by Crippen LogP contribution is -2.19. The Morgan fingerprint density at radius 2 is 2.15 bits per heavy atom. The SMILES string of the molecule is CCC1CCc2c(sc(NC(=O)c3ccc([N+](=O)[O-])c(C)c3)c2C(N)=O)C1. The van der Waals surface area contributed by atoms with E-state index >= 15 is 0 Å². The second-order valence-corrected chi connectivity index (χ2v) is 7.91. The number of hydrogen-bond donors (Lipinski definition) is 2. The van der Waals surface area contributed by atoms with Gasteiger partial charge in [0.15, 0.2) is 0 Å². The van der Waals surface area contributed by atoms with Crippen LogP contribution in [0.5, 0.6) is 0 Å². The van der Waals surface area contributed by atoms with Crippen LogP contribution >= 0.6 is 11.3 Å². The van der Waals surface area contributed by atoms with Gasteiger partial charge in [-0.15, -0.1) is 11.3 Å². The Kier molecular flexibility index (Phi) is 5.27. The monoisotopic (exact) mass is 387 g/mol. The van der Waals surface area contributed by atoms with Crippen LogP contribution in [0.15, 0.2) is 18.2 Å². The predicted octanol–water partition coefficient (Wildman–Crippen LogP) is 3.83. The average Bonchev–Trinajstić information content (AvgIpc) is 2.97. The van der Waals surface area contributed by atoms with Gasteiger partial charge in [0.1, 0.15) is 5.00 Å². The molecule has 0 bridgehead atoms. The van der Waals surface area contributed by atoms with Crippen molar-refractivity contribution >= 4 is 33.8 Å². The minimum absolute atomic E-state index is 0.0402. The maximum absolute atomic E-state index is 12.6. The quantitative estimate of drug-likeness (QED) is 0.599. The van der Waals surface area contributed by atoms with Gasteiger partial charge in [0.2, 0.25) is 0 Å². The molecular weight excluding hydrogens is 366 g/mol. The lowest BCUT2D eigenvalue weighted by Gasteiger charge is -2.20. The van der Waals surface area contributed by atoms with Gasteiger partial charge in [-0.25, -0.2) is 0 Å². The minimum Gasteiger partial charge on any atom is -0.365 e. The molecule has 2 aromatic rings. The molecule has 142 valence electrons. The molecular formula is C19H21N3O4S. The summed E-state index contributed by atoms with van der Waals surface area (Å²) in [7, 11) is 0. The highest BCUT2D eigenvalue weighted by atomic mass is 32.1. The largest absolute Gasteiger partial charge is 0.365 e. The number of hydrogen-bond acceptors (Lipinski definition) is 5. The van der Waals surface area contributed by atoms with E-state index < -0.39 is 16.7 Å². The van der Waals surface area contributed by atoms with Crippen molar-refractivity contribution in [3.63, 3.8) is 0 Å². The lowest BCUT2D eigenvalue weighted by atomic mass is 9.85. The van der Waals surface area contributed by atoms with E-state index in [9.17, 15) is 19.7 Å². The number of benzene rings is 1. The standard InChI is InChI=1S/C19H21N3O4S/c1-3-11-4-6-13-15(9-11)27-19(16(13)17(20)23)21-18(24)12-5-7-14(22(25)26)10(2)8-12/h5,7-8,11H,3-4,6,9H2,1-2H3,(H2,20,23)(H,21,24). The predicted molar refractivity (Wildman–Crippen MR) is 104 cm³/mol. The number of amides is 2. The topological polar surface area (TPSA) is 115 Å². The van der Waals surface area contributed by atoms with E-state index in [4.69, 9.17) is 5.73 Å². The van der Waals surface area contributed by atoms with Gasteiger partial charge in [-0.1, -0.05) is 13.3 Å². The number of aryl methyl sites for hydroxylation is 1. The maximum Gasteiger partial charge on any atom is 0.272 e. The molecule has 1 aliphatic carbocycles. The average molecular weight is 387 g/mol. The normalized spacial score (nSPS) is 15.9. The van der Waals surface area contributed by atoms with Crippen LogP contribution in [-0.4, -0.2) is 16.7 Å². The van der Waals surface area contributed by atoms with Crippen molar-refractivity contribution in [3.05, 3.63) is 55.4 Å². The van der Waals surface area contributed by atoms with E-state index in [1.165, 1.54) is 29.5 Å². The van der Waals surface area contributed by atoms with Gasteiger partial charge in [-0.05, 0) is 49.8 Å². The number of anilines is 1. The molecule has 1 aromatic carbocycles. The fourth-order valence-corrected chi connectivity index (χ4v) is 4.89. The Morgan fingerprint density at radius 3 is 2.74 bits per heavy atom. The van der Waals surface area contributed by atoms with Crippen LogP contribution in [0.25, 0.3) is 0 Å². The second-order valence-electron chi connectivity index (χ2n) is 6.80. The summed E-state index contributed by atoms with van der Waals surface area (Å²) in [5.74, 6) is -0.378. The molecule has 8 heteroatoms. The molecule has 0 saturated carbocycles. The Labute approximate surface area is 160 Å². The third-order valence-electron chi connectivity index (χ3n) is 5.07. The molecule has 0 aliphatic heterocycles. The van der Waals surface area contributed by atoms with Gasteiger partial charge < -0.3 is 11.1 Å². The van der Waals surface area contributed by atoms with Crippen LogP contribution in [0.1, 0.15) is 56.5 Å². The summed E-state index contributed by atoms with van der Waals surface area (Å²) in [6, 6.07) is 4.19. The molecule has 1 heterocycles. The minimum atomic E-state index is -0.544. The number of rotatable bonds is 5. The molecule has 1 aliphatic rings. The molecule has 0 saturated heterocycles. The van der Waals surface area contributed by atoms with Crippen molar-refractivity contribution in [2.75, 3.05) is 5.32 Å². The molecule has 2 amide bonds. The van der Waals surface area contributed by atoms with Crippen LogP contribution in [0.3, 0.4) is 0 Å². The van der Waals surface area contributed by atoms with Crippen molar-refractivity contribution in [1.82, 2.24) is 0 Å². The Balaban J connectivity index is 1.90. The third kappa shape index (κ3) is 3.71. The second kappa shape index (κ2) is 7.48. The van der Waals surface area contributed by atoms with Crippen molar-refractivity contribution < 1.29 is 14.5 Å². The Hall–Kier alpha value is -2.74. The zero-order valence-corrected chi connectivity index (χ0v) is 16.0. The van der Waals surface area contributed by atoms with Crippen molar-refractivity contribution in [3.8, 4) is 0 Å². The van der Waals surface area contributed by atoms with Gasteiger partial charge in [0.05, 0.1) is 10.5 Å². The van der Waals surface area contributed by atoms with Crippen LogP contribution in [-0.2, 0) is 12.8 Å². The van der Waals surface area contributed by atoms with E-state index in [1.807, 2.05) is 0 Å². The van der Waals surface area contributed by atoms with Crippen molar-refractivity contribution in [1.29, 1.82) is 0 Å². The molecule has 0 spiro atoms. The van der Waals surface area contributed by atoms with Crippen molar-refractivity contribution in [2.45, 2.75) is 39.5 Å². The smallest absolute Gasteiger partial charge is 0.272 e. The van der Waals surface area contributed by atoms with E-state index in [2.05, 4.69) is 12.2 Å². The molecule has 3 rings (SSSR count). The fraction of sp³-hybridized carbons (Fsp3) is 0.368. The number of primary amides is 1. The van der Waals surface area contributed by atoms with Crippen LogP contribution in [0.4, 0.5) is 10.7 Å². The first kappa shape index (κ1) is 19.0. The molecule has 27 heavy (non-hydrogen) atoms. The van der Waals surface area contributed by atoms with E-state index in [1.54, 1.807) is 6.92 Å². The highest BCUT2D eigenvalue weighted by molar-refractivity contribution is 7.17. The van der Waals surface area contributed by atoms with Gasteiger partial charge in [-0.3, -0.25) is 19.7 Å². The van der Waals surface area contributed by atoms with Gasteiger partial charge in [-0.2, -0.15) is 0 Å². The van der Waals surface area contributed by atoms with Crippen LogP contribution in [0.2, 0.25) is 0 Å². The Bertz CT molecular complexity index is 935. The highest BCUT2D eigenvalue weighted by Crippen LogP contribution is 2.40. The summed E-state index contributed by atoms with van der Waals surface area (Å²) >= 11 is 1.40. The van der Waals surface area contributed by atoms with Crippen LogP contribution < -0.4 is 11.1 Å². The first-order chi connectivity index (χ1) is 12.8. The molecule has 7 nitrogen and oxygen atoms in total. The molecule has 0 fully saturated rings. The molecule has 3 N–H and O–H groups in total. The first-order valence-electron chi connectivity index (χ1n) is 8.82. The molecule has 0 radical (unpaired) electrons. The number of nitrogens with zero attached hydrogens (tertiary/aromatic N) is 1. The van der Waals surface area contributed by atoms with E-state index in [-0.39, 0.29) is 5.69 Å². The number of nitrogens with two attached hydrogens (primary N) is 1. The maximum atomic E-state index is 12.6. The number of nitro groups is 1. The summed E-state index contributed by atoms with van der Waals surface area (Å²) in [4.78, 5) is 36.2. The highest BCUT2D eigenvalue weighted by Gasteiger charge is 2.28. The number of carbonyl (C=O) groups is 2. The summed E-state index contributed by atoms with van der Waals surface area (Å²) < 4.78 is 0. The van der Waals surface area contributed by atoms with Gasteiger partial charge in [0, 0.05) is 22.1 Å². The fourth-order valence-electron chi connectivity index (χ4n) is 3.53. The summed E-state index contributed by atoms with van der Waals surface area (Å²) in [6.45, 7) is 3.73.